The maximum atomic E-state index is 11.5. The standard InChI is InChI=1S/C13H23NO5/c1-4-5-12(16)19-8-10(13(17)18)14-11(15)7-6-9(2)3/h9-10H,4-8H2,1-3H3,(H,14,15)(H,17,18)/t10-/m0/s1. The summed E-state index contributed by atoms with van der Waals surface area (Å²) in [7, 11) is 0. The Bertz CT molecular complexity index is 314. The molecule has 0 aliphatic carbocycles. The smallest absolute Gasteiger partial charge is 0.329 e. The lowest BCUT2D eigenvalue weighted by Crippen LogP contribution is -2.44. The SMILES string of the molecule is CCCC(=O)OC[C@H](NC(=O)CCC(C)C)C(=O)O. The second kappa shape index (κ2) is 9.35. The molecule has 2 N–H and O–H groups in total. The van der Waals surface area contributed by atoms with E-state index in [0.29, 0.717) is 18.8 Å². The van der Waals surface area contributed by atoms with Gasteiger partial charge in [-0.2, -0.15) is 0 Å². The van der Waals surface area contributed by atoms with Crippen LogP contribution >= 0.6 is 0 Å². The summed E-state index contributed by atoms with van der Waals surface area (Å²) in [5, 5.41) is 11.3. The van der Waals surface area contributed by atoms with Crippen molar-refractivity contribution >= 4 is 17.8 Å². The van der Waals surface area contributed by atoms with Crippen molar-refractivity contribution in [2.75, 3.05) is 6.61 Å². The van der Waals surface area contributed by atoms with E-state index in [9.17, 15) is 14.4 Å². The van der Waals surface area contributed by atoms with Crippen LogP contribution in [0.3, 0.4) is 0 Å². The zero-order valence-corrected chi connectivity index (χ0v) is 11.8. The normalized spacial score (nSPS) is 12.0. The fourth-order valence-electron chi connectivity index (χ4n) is 1.31. The van der Waals surface area contributed by atoms with Crippen molar-refractivity contribution in [3.05, 3.63) is 0 Å². The number of ether oxygens (including phenoxy) is 1. The maximum Gasteiger partial charge on any atom is 0.329 e. The summed E-state index contributed by atoms with van der Waals surface area (Å²) in [5.74, 6) is -1.63. The molecule has 6 heteroatoms. The summed E-state index contributed by atoms with van der Waals surface area (Å²) in [5.41, 5.74) is 0. The van der Waals surface area contributed by atoms with Gasteiger partial charge in [-0.15, -0.1) is 0 Å². The molecule has 0 aromatic heterocycles. The molecule has 19 heavy (non-hydrogen) atoms. The van der Waals surface area contributed by atoms with Gasteiger partial charge >= 0.3 is 11.9 Å². The first-order valence-electron chi connectivity index (χ1n) is 6.54. The number of carboxylic acid groups (broad SMARTS) is 1. The largest absolute Gasteiger partial charge is 0.480 e. The lowest BCUT2D eigenvalue weighted by Gasteiger charge is -2.15. The summed E-state index contributed by atoms with van der Waals surface area (Å²) in [6, 6.07) is -1.18. The fourth-order valence-corrected chi connectivity index (χ4v) is 1.31. The van der Waals surface area contributed by atoms with Gasteiger partial charge < -0.3 is 15.2 Å². The Kier molecular flexibility index (Phi) is 8.57. The quantitative estimate of drug-likeness (QED) is 0.618. The van der Waals surface area contributed by atoms with Crippen LogP contribution in [0.5, 0.6) is 0 Å². The summed E-state index contributed by atoms with van der Waals surface area (Å²) < 4.78 is 4.80. The Morgan fingerprint density at radius 3 is 2.32 bits per heavy atom. The van der Waals surface area contributed by atoms with E-state index < -0.39 is 18.0 Å². The molecule has 110 valence electrons. The third kappa shape index (κ3) is 9.04. The van der Waals surface area contributed by atoms with Gasteiger partial charge in [0.25, 0.3) is 0 Å². The predicted octanol–water partition coefficient (Wildman–Crippen LogP) is 1.34. The third-order valence-electron chi connectivity index (χ3n) is 2.45. The van der Waals surface area contributed by atoms with Crippen LogP contribution in [0.2, 0.25) is 0 Å². The minimum Gasteiger partial charge on any atom is -0.480 e. The monoisotopic (exact) mass is 273 g/mol. The van der Waals surface area contributed by atoms with Gasteiger partial charge in [0, 0.05) is 12.8 Å². The molecule has 0 radical (unpaired) electrons. The second-order valence-electron chi connectivity index (χ2n) is 4.82. The molecule has 6 nitrogen and oxygen atoms in total. The number of hydrogen-bond donors (Lipinski definition) is 2. The van der Waals surface area contributed by atoms with Gasteiger partial charge in [0.05, 0.1) is 0 Å². The number of hydrogen-bond acceptors (Lipinski definition) is 4. The van der Waals surface area contributed by atoms with Crippen LogP contribution < -0.4 is 5.32 Å². The van der Waals surface area contributed by atoms with E-state index >= 15 is 0 Å². The van der Waals surface area contributed by atoms with Gasteiger partial charge in [-0.25, -0.2) is 4.79 Å². The number of rotatable bonds is 9. The number of aliphatic carboxylic acids is 1. The van der Waals surface area contributed by atoms with Crippen molar-refractivity contribution in [2.45, 2.75) is 52.5 Å². The van der Waals surface area contributed by atoms with Gasteiger partial charge in [0.15, 0.2) is 6.04 Å². The molecule has 1 atom stereocenters. The first-order valence-corrected chi connectivity index (χ1v) is 6.54. The average molecular weight is 273 g/mol. The minimum atomic E-state index is -1.21. The zero-order valence-electron chi connectivity index (χ0n) is 11.8. The second-order valence-corrected chi connectivity index (χ2v) is 4.82. The van der Waals surface area contributed by atoms with Gasteiger partial charge in [-0.05, 0) is 18.8 Å². The number of nitrogens with one attached hydrogen (secondary N) is 1. The van der Waals surface area contributed by atoms with Crippen LogP contribution in [0.25, 0.3) is 0 Å². The van der Waals surface area contributed by atoms with Crippen LogP contribution in [0.15, 0.2) is 0 Å². The van der Waals surface area contributed by atoms with E-state index in [2.05, 4.69) is 5.32 Å². The fraction of sp³-hybridized carbons (Fsp3) is 0.769. The van der Waals surface area contributed by atoms with Crippen LogP contribution in [0.4, 0.5) is 0 Å². The molecule has 0 aromatic rings. The van der Waals surface area contributed by atoms with Crippen LogP contribution in [-0.2, 0) is 19.1 Å². The van der Waals surface area contributed by atoms with Crippen molar-refractivity contribution in [3.63, 3.8) is 0 Å². The number of carboxylic acids is 1. The molecule has 1 amide bonds. The molecule has 0 saturated carbocycles. The summed E-state index contributed by atoms with van der Waals surface area (Å²) in [6.07, 6.45) is 1.84. The Balaban J connectivity index is 4.15. The van der Waals surface area contributed by atoms with E-state index in [1.54, 1.807) is 0 Å². The van der Waals surface area contributed by atoms with Crippen LogP contribution in [-0.4, -0.2) is 35.6 Å². The number of esters is 1. The molecule has 0 bridgehead atoms. The highest BCUT2D eigenvalue weighted by Gasteiger charge is 2.21. The molecular formula is C13H23NO5. The highest BCUT2D eigenvalue weighted by Crippen LogP contribution is 2.03. The van der Waals surface area contributed by atoms with Crippen molar-refractivity contribution in [1.82, 2.24) is 5.32 Å². The molecule has 0 saturated heterocycles. The Morgan fingerprint density at radius 2 is 1.84 bits per heavy atom. The third-order valence-corrected chi connectivity index (χ3v) is 2.45. The average Bonchev–Trinajstić information content (AvgIpc) is 2.31. The highest BCUT2D eigenvalue weighted by molar-refractivity contribution is 5.83. The highest BCUT2D eigenvalue weighted by atomic mass is 16.5. The van der Waals surface area contributed by atoms with Crippen molar-refractivity contribution in [2.24, 2.45) is 5.92 Å². The van der Waals surface area contributed by atoms with Crippen molar-refractivity contribution in [3.8, 4) is 0 Å². The molecule has 0 rings (SSSR count). The Hall–Kier alpha value is -1.59. The molecule has 0 aliphatic rings. The topological polar surface area (TPSA) is 92.7 Å². The number of carbonyl (C=O) groups excluding carboxylic acids is 2. The van der Waals surface area contributed by atoms with Gasteiger partial charge in [0.1, 0.15) is 6.61 Å². The van der Waals surface area contributed by atoms with Crippen LogP contribution in [0, 0.1) is 5.92 Å². The Labute approximate surface area is 113 Å². The van der Waals surface area contributed by atoms with Gasteiger partial charge in [-0.3, -0.25) is 9.59 Å². The lowest BCUT2D eigenvalue weighted by molar-refractivity contribution is -0.150. The van der Waals surface area contributed by atoms with Gasteiger partial charge in [0.2, 0.25) is 5.91 Å². The molecule has 0 unspecified atom stereocenters. The molecule has 0 heterocycles. The summed E-state index contributed by atoms with van der Waals surface area (Å²) >= 11 is 0. The number of carbonyl (C=O) groups is 3. The maximum absolute atomic E-state index is 11.5. The lowest BCUT2D eigenvalue weighted by atomic mass is 10.1. The summed E-state index contributed by atoms with van der Waals surface area (Å²) in [6.45, 7) is 5.45. The van der Waals surface area contributed by atoms with Crippen molar-refractivity contribution in [1.29, 1.82) is 0 Å². The molecule has 0 spiro atoms. The van der Waals surface area contributed by atoms with E-state index in [4.69, 9.17) is 9.84 Å². The van der Waals surface area contributed by atoms with Crippen LogP contribution in [0.1, 0.15) is 46.5 Å². The molecule has 0 fully saturated rings. The number of amides is 1. The van der Waals surface area contributed by atoms with Crippen molar-refractivity contribution < 1.29 is 24.2 Å². The Morgan fingerprint density at radius 1 is 1.21 bits per heavy atom. The minimum absolute atomic E-state index is 0.244. The molecular weight excluding hydrogens is 250 g/mol. The first kappa shape index (κ1) is 17.4. The van der Waals surface area contributed by atoms with E-state index in [-0.39, 0.29) is 25.4 Å². The van der Waals surface area contributed by atoms with E-state index in [1.807, 2.05) is 20.8 Å². The van der Waals surface area contributed by atoms with Gasteiger partial charge in [-0.1, -0.05) is 20.8 Å². The van der Waals surface area contributed by atoms with E-state index in [1.165, 1.54) is 0 Å². The first-order chi connectivity index (χ1) is 8.86. The van der Waals surface area contributed by atoms with E-state index in [0.717, 1.165) is 0 Å². The summed E-state index contributed by atoms with van der Waals surface area (Å²) in [4.78, 5) is 33.6. The molecule has 0 aliphatic heterocycles. The zero-order chi connectivity index (χ0) is 14.8. The molecule has 0 aromatic carbocycles. The predicted molar refractivity (Wildman–Crippen MR) is 69.5 cm³/mol.